The van der Waals surface area contributed by atoms with Crippen LogP contribution < -0.4 is 5.32 Å². The van der Waals surface area contributed by atoms with E-state index in [0.29, 0.717) is 24.5 Å². The third-order valence-corrected chi connectivity index (χ3v) is 3.42. The van der Waals surface area contributed by atoms with Crippen molar-refractivity contribution in [3.63, 3.8) is 0 Å². The van der Waals surface area contributed by atoms with E-state index in [1.165, 1.54) is 11.8 Å². The van der Waals surface area contributed by atoms with Gasteiger partial charge in [-0.1, -0.05) is 30.3 Å². The van der Waals surface area contributed by atoms with Gasteiger partial charge in [-0.25, -0.2) is 14.5 Å². The first-order valence-electron chi connectivity index (χ1n) is 7.73. The highest BCUT2D eigenvalue weighted by molar-refractivity contribution is 5.88. The summed E-state index contributed by atoms with van der Waals surface area (Å²) in [6.07, 6.45) is 4.79. The number of benzene rings is 1. The van der Waals surface area contributed by atoms with Crippen molar-refractivity contribution in [2.45, 2.75) is 13.5 Å². The van der Waals surface area contributed by atoms with Gasteiger partial charge in [0.2, 0.25) is 0 Å². The normalized spacial score (nSPS) is 10.4. The van der Waals surface area contributed by atoms with Crippen LogP contribution in [-0.2, 0) is 11.3 Å². The Morgan fingerprint density at radius 2 is 2.04 bits per heavy atom. The molecule has 24 heavy (non-hydrogen) atoms. The van der Waals surface area contributed by atoms with Crippen LogP contribution in [0.1, 0.15) is 22.8 Å². The summed E-state index contributed by atoms with van der Waals surface area (Å²) in [5.41, 5.74) is 2.40. The standard InChI is InChI=1S/C18H18N4O2/c1-2-24-18(23)15-12-21-22(13-15)17-16(9-6-10-19-17)20-11-14-7-4-3-5-8-14/h3-10,12-13,20H,2,11H2,1H3. The van der Waals surface area contributed by atoms with Crippen molar-refractivity contribution >= 4 is 11.7 Å². The van der Waals surface area contributed by atoms with Crippen LogP contribution in [-0.4, -0.2) is 27.3 Å². The first-order chi connectivity index (χ1) is 11.8. The number of anilines is 1. The zero-order chi connectivity index (χ0) is 16.8. The third-order valence-electron chi connectivity index (χ3n) is 3.42. The van der Waals surface area contributed by atoms with Crippen LogP contribution in [0.5, 0.6) is 0 Å². The second-order valence-electron chi connectivity index (χ2n) is 5.11. The predicted molar refractivity (Wildman–Crippen MR) is 91.1 cm³/mol. The summed E-state index contributed by atoms with van der Waals surface area (Å²) in [4.78, 5) is 16.1. The second-order valence-corrected chi connectivity index (χ2v) is 5.11. The maximum absolute atomic E-state index is 11.8. The van der Waals surface area contributed by atoms with E-state index < -0.39 is 5.97 Å². The number of pyridine rings is 1. The Morgan fingerprint density at radius 3 is 2.83 bits per heavy atom. The van der Waals surface area contributed by atoms with Gasteiger partial charge in [-0.05, 0) is 24.6 Å². The van der Waals surface area contributed by atoms with E-state index in [0.717, 1.165) is 5.69 Å². The molecule has 0 saturated carbocycles. The zero-order valence-electron chi connectivity index (χ0n) is 13.3. The fraction of sp³-hybridized carbons (Fsp3) is 0.167. The number of carbonyl (C=O) groups is 1. The lowest BCUT2D eigenvalue weighted by Crippen LogP contribution is -2.07. The van der Waals surface area contributed by atoms with Crippen LogP contribution in [0.15, 0.2) is 61.1 Å². The number of rotatable bonds is 6. The minimum atomic E-state index is -0.390. The van der Waals surface area contributed by atoms with Crippen LogP contribution in [0.4, 0.5) is 5.69 Å². The van der Waals surface area contributed by atoms with Gasteiger partial charge >= 0.3 is 5.97 Å². The molecule has 0 aliphatic carbocycles. The first kappa shape index (κ1) is 15.7. The van der Waals surface area contributed by atoms with Gasteiger partial charge in [-0.15, -0.1) is 0 Å². The molecule has 6 nitrogen and oxygen atoms in total. The summed E-state index contributed by atoms with van der Waals surface area (Å²) in [6, 6.07) is 13.9. The fourth-order valence-corrected chi connectivity index (χ4v) is 2.27. The summed E-state index contributed by atoms with van der Waals surface area (Å²) in [6.45, 7) is 2.77. The van der Waals surface area contributed by atoms with Crippen molar-refractivity contribution in [3.8, 4) is 5.82 Å². The average Bonchev–Trinajstić information content (AvgIpc) is 3.11. The number of hydrogen-bond acceptors (Lipinski definition) is 5. The molecule has 0 aliphatic rings. The Hall–Kier alpha value is -3.15. The van der Waals surface area contributed by atoms with Crippen molar-refractivity contribution in [2.75, 3.05) is 11.9 Å². The van der Waals surface area contributed by atoms with Gasteiger partial charge in [0.05, 0.1) is 24.1 Å². The summed E-state index contributed by atoms with van der Waals surface area (Å²) >= 11 is 0. The van der Waals surface area contributed by atoms with E-state index in [1.807, 2.05) is 30.3 Å². The highest BCUT2D eigenvalue weighted by Crippen LogP contribution is 2.18. The topological polar surface area (TPSA) is 69.0 Å². The van der Waals surface area contributed by atoms with E-state index in [9.17, 15) is 4.79 Å². The number of hydrogen-bond donors (Lipinski definition) is 1. The Kier molecular flexibility index (Phi) is 4.86. The van der Waals surface area contributed by atoms with Crippen LogP contribution >= 0.6 is 0 Å². The lowest BCUT2D eigenvalue weighted by atomic mass is 10.2. The summed E-state index contributed by atoms with van der Waals surface area (Å²) in [5, 5.41) is 7.57. The van der Waals surface area contributed by atoms with Gasteiger partial charge in [0, 0.05) is 18.9 Å². The van der Waals surface area contributed by atoms with Crippen LogP contribution in [0.25, 0.3) is 5.82 Å². The van der Waals surface area contributed by atoms with Crippen molar-refractivity contribution in [3.05, 3.63) is 72.2 Å². The molecular weight excluding hydrogens is 304 g/mol. The number of aromatic nitrogens is 3. The van der Waals surface area contributed by atoms with Gasteiger partial charge in [-0.3, -0.25) is 0 Å². The van der Waals surface area contributed by atoms with Crippen LogP contribution in [0, 0.1) is 0 Å². The van der Waals surface area contributed by atoms with Crippen LogP contribution in [0.3, 0.4) is 0 Å². The fourth-order valence-electron chi connectivity index (χ4n) is 2.27. The number of esters is 1. The summed E-state index contributed by atoms with van der Waals surface area (Å²) < 4.78 is 6.55. The molecule has 2 aromatic heterocycles. The first-order valence-corrected chi connectivity index (χ1v) is 7.73. The third kappa shape index (κ3) is 3.60. The molecule has 6 heteroatoms. The van der Waals surface area contributed by atoms with Crippen molar-refractivity contribution in [1.82, 2.24) is 14.8 Å². The van der Waals surface area contributed by atoms with Crippen molar-refractivity contribution in [2.24, 2.45) is 0 Å². The molecule has 0 unspecified atom stereocenters. The molecule has 0 radical (unpaired) electrons. The lowest BCUT2D eigenvalue weighted by Gasteiger charge is -2.11. The number of carbonyl (C=O) groups excluding carboxylic acids is 1. The number of ether oxygens (including phenoxy) is 1. The molecule has 0 bridgehead atoms. The molecule has 0 aliphatic heterocycles. The molecule has 122 valence electrons. The molecule has 1 N–H and O–H groups in total. The van der Waals surface area contributed by atoms with Crippen molar-refractivity contribution in [1.29, 1.82) is 0 Å². The maximum atomic E-state index is 11.8. The molecule has 0 fully saturated rings. The molecule has 0 amide bonds. The van der Waals surface area contributed by atoms with Gasteiger partial charge in [0.15, 0.2) is 5.82 Å². The van der Waals surface area contributed by atoms with Gasteiger partial charge in [-0.2, -0.15) is 5.10 Å². The summed E-state index contributed by atoms with van der Waals surface area (Å²) in [7, 11) is 0. The molecule has 0 atom stereocenters. The van der Waals surface area contributed by atoms with E-state index in [4.69, 9.17) is 4.74 Å². The number of nitrogens with one attached hydrogen (secondary N) is 1. The van der Waals surface area contributed by atoms with Gasteiger partial charge in [0.1, 0.15) is 0 Å². The molecule has 0 saturated heterocycles. The van der Waals surface area contributed by atoms with E-state index in [-0.39, 0.29) is 0 Å². The lowest BCUT2D eigenvalue weighted by molar-refractivity contribution is 0.0526. The SMILES string of the molecule is CCOC(=O)c1cnn(-c2ncccc2NCc2ccccc2)c1. The Labute approximate surface area is 140 Å². The maximum Gasteiger partial charge on any atom is 0.341 e. The second kappa shape index (κ2) is 7.41. The Balaban J connectivity index is 1.80. The molecule has 3 rings (SSSR count). The van der Waals surface area contributed by atoms with Crippen molar-refractivity contribution < 1.29 is 9.53 Å². The van der Waals surface area contributed by atoms with Gasteiger partial charge < -0.3 is 10.1 Å². The Bertz CT molecular complexity index is 815. The highest BCUT2D eigenvalue weighted by Gasteiger charge is 2.12. The van der Waals surface area contributed by atoms with E-state index in [1.54, 1.807) is 24.0 Å². The average molecular weight is 322 g/mol. The minimum absolute atomic E-state index is 0.331. The molecule has 1 aromatic carbocycles. The van der Waals surface area contributed by atoms with E-state index >= 15 is 0 Å². The smallest absolute Gasteiger partial charge is 0.341 e. The summed E-state index contributed by atoms with van der Waals surface area (Å²) in [5.74, 6) is 0.238. The monoisotopic (exact) mass is 322 g/mol. The Morgan fingerprint density at radius 1 is 1.21 bits per heavy atom. The highest BCUT2D eigenvalue weighted by atomic mass is 16.5. The van der Waals surface area contributed by atoms with Crippen LogP contribution in [0.2, 0.25) is 0 Å². The largest absolute Gasteiger partial charge is 0.462 e. The molecular formula is C18H18N4O2. The quantitative estimate of drug-likeness (QED) is 0.706. The molecule has 0 spiro atoms. The van der Waals surface area contributed by atoms with E-state index in [2.05, 4.69) is 27.5 Å². The predicted octanol–water partition coefficient (Wildman–Crippen LogP) is 3.06. The minimum Gasteiger partial charge on any atom is -0.462 e. The molecule has 3 aromatic rings. The molecule has 2 heterocycles. The number of nitrogens with zero attached hydrogens (tertiary/aromatic N) is 3. The van der Waals surface area contributed by atoms with Gasteiger partial charge in [0.25, 0.3) is 0 Å². The zero-order valence-corrected chi connectivity index (χ0v) is 13.3.